The summed E-state index contributed by atoms with van der Waals surface area (Å²) < 4.78 is 26.1. The zero-order valence-electron chi connectivity index (χ0n) is 13.8. The van der Waals surface area contributed by atoms with Gasteiger partial charge >= 0.3 is 0 Å². The second-order valence-electron chi connectivity index (χ2n) is 5.57. The number of hydrogen-bond donors (Lipinski definition) is 1. The van der Waals surface area contributed by atoms with E-state index in [2.05, 4.69) is 21.2 Å². The highest BCUT2D eigenvalue weighted by atomic mass is 79.9. The number of nitrogens with zero attached hydrogens (tertiary/aromatic N) is 1. The summed E-state index contributed by atoms with van der Waals surface area (Å²) in [6, 6.07) is 11.9. The van der Waals surface area contributed by atoms with Crippen LogP contribution >= 0.6 is 27.5 Å². The minimum absolute atomic E-state index is 0.0555. The first-order valence-electron chi connectivity index (χ1n) is 7.46. The summed E-state index contributed by atoms with van der Waals surface area (Å²) in [6.45, 7) is 0.422. The van der Waals surface area contributed by atoms with E-state index in [1.165, 1.54) is 20.2 Å². The fraction of sp³-hybridized carbons (Fsp3) is 0.235. The Morgan fingerprint density at radius 1 is 1.20 bits per heavy atom. The van der Waals surface area contributed by atoms with E-state index in [1.54, 1.807) is 18.2 Å². The summed E-state index contributed by atoms with van der Waals surface area (Å²) in [6.07, 6.45) is 0.631. The van der Waals surface area contributed by atoms with Gasteiger partial charge in [0.25, 0.3) is 5.91 Å². The van der Waals surface area contributed by atoms with Crippen LogP contribution in [0.3, 0.4) is 0 Å². The maximum absolute atomic E-state index is 12.3. The molecule has 0 fully saturated rings. The number of benzene rings is 2. The molecule has 134 valence electrons. The fourth-order valence-corrected chi connectivity index (χ4v) is 4.21. The maximum atomic E-state index is 12.3. The van der Waals surface area contributed by atoms with Gasteiger partial charge in [-0.15, -0.1) is 0 Å². The fourth-order valence-electron chi connectivity index (χ4n) is 2.15. The lowest BCUT2D eigenvalue weighted by Gasteiger charge is -2.14. The number of nitrogens with one attached hydrogen (secondary N) is 1. The standard InChI is InChI=1S/C17H18BrClN2O3S/c1-21(2)25(23,24)16-11-13(6-7-15(16)18)17(22)20-9-8-12-4-3-5-14(19)10-12/h3-7,10-11H,8-9H2,1-2H3,(H,20,22). The van der Waals surface area contributed by atoms with Crippen LogP contribution in [0.2, 0.25) is 5.02 Å². The van der Waals surface area contributed by atoms with Crippen molar-refractivity contribution in [2.75, 3.05) is 20.6 Å². The number of sulfonamides is 1. The van der Waals surface area contributed by atoms with Crippen molar-refractivity contribution in [2.24, 2.45) is 0 Å². The number of carbonyl (C=O) groups is 1. The lowest BCUT2D eigenvalue weighted by atomic mass is 10.1. The third kappa shape index (κ3) is 5.04. The van der Waals surface area contributed by atoms with E-state index in [9.17, 15) is 13.2 Å². The topological polar surface area (TPSA) is 66.5 Å². The van der Waals surface area contributed by atoms with Crippen LogP contribution in [-0.2, 0) is 16.4 Å². The first-order chi connectivity index (χ1) is 11.7. The molecule has 1 N–H and O–H groups in total. The molecule has 0 atom stereocenters. The molecule has 0 spiro atoms. The molecule has 0 aliphatic heterocycles. The molecule has 0 aliphatic carbocycles. The van der Waals surface area contributed by atoms with Gasteiger partial charge in [-0.3, -0.25) is 4.79 Å². The molecule has 2 aromatic rings. The highest BCUT2D eigenvalue weighted by molar-refractivity contribution is 9.10. The van der Waals surface area contributed by atoms with Crippen molar-refractivity contribution in [3.8, 4) is 0 Å². The number of carbonyl (C=O) groups excluding carboxylic acids is 1. The largest absolute Gasteiger partial charge is 0.352 e. The third-order valence-corrected chi connectivity index (χ3v) is 6.58. The second kappa shape index (κ2) is 8.31. The van der Waals surface area contributed by atoms with E-state index < -0.39 is 10.0 Å². The minimum atomic E-state index is -3.64. The highest BCUT2D eigenvalue weighted by Crippen LogP contribution is 2.25. The lowest BCUT2D eigenvalue weighted by Crippen LogP contribution is -2.27. The van der Waals surface area contributed by atoms with Gasteiger partial charge in [0.2, 0.25) is 10.0 Å². The molecule has 0 radical (unpaired) electrons. The van der Waals surface area contributed by atoms with Gasteiger partial charge in [0.15, 0.2) is 0 Å². The van der Waals surface area contributed by atoms with Gasteiger partial charge in [-0.05, 0) is 58.2 Å². The predicted molar refractivity (Wildman–Crippen MR) is 103 cm³/mol. The Balaban J connectivity index is 2.10. The summed E-state index contributed by atoms with van der Waals surface area (Å²) in [5.41, 5.74) is 1.30. The van der Waals surface area contributed by atoms with Crippen molar-refractivity contribution in [2.45, 2.75) is 11.3 Å². The van der Waals surface area contributed by atoms with E-state index in [-0.39, 0.29) is 16.4 Å². The van der Waals surface area contributed by atoms with Crippen LogP contribution in [0, 0.1) is 0 Å². The molecular formula is C17H18BrClN2O3S. The van der Waals surface area contributed by atoms with Gasteiger partial charge in [0, 0.05) is 35.7 Å². The zero-order valence-corrected chi connectivity index (χ0v) is 17.0. The van der Waals surface area contributed by atoms with Gasteiger partial charge in [-0.25, -0.2) is 12.7 Å². The molecule has 25 heavy (non-hydrogen) atoms. The van der Waals surface area contributed by atoms with Crippen LogP contribution < -0.4 is 5.32 Å². The number of rotatable bonds is 6. The zero-order chi connectivity index (χ0) is 18.6. The molecule has 0 unspecified atom stereocenters. The Labute approximate surface area is 161 Å². The first-order valence-corrected chi connectivity index (χ1v) is 10.1. The highest BCUT2D eigenvalue weighted by Gasteiger charge is 2.22. The van der Waals surface area contributed by atoms with Gasteiger partial charge in [0.1, 0.15) is 0 Å². The number of hydrogen-bond acceptors (Lipinski definition) is 3. The molecule has 8 heteroatoms. The van der Waals surface area contributed by atoms with E-state index in [0.717, 1.165) is 9.87 Å². The summed E-state index contributed by atoms with van der Waals surface area (Å²) in [5, 5.41) is 3.44. The lowest BCUT2D eigenvalue weighted by molar-refractivity contribution is 0.0954. The normalized spacial score (nSPS) is 11.6. The minimum Gasteiger partial charge on any atom is -0.352 e. The molecule has 0 saturated carbocycles. The van der Waals surface area contributed by atoms with E-state index in [1.807, 2.05) is 18.2 Å². The van der Waals surface area contributed by atoms with Crippen molar-refractivity contribution < 1.29 is 13.2 Å². The molecule has 0 aromatic heterocycles. The average molecular weight is 446 g/mol. The summed E-state index contributed by atoms with van der Waals surface area (Å²) in [4.78, 5) is 12.4. The molecule has 5 nitrogen and oxygen atoms in total. The van der Waals surface area contributed by atoms with Crippen LogP contribution in [0.4, 0.5) is 0 Å². The van der Waals surface area contributed by atoms with Gasteiger partial charge in [-0.1, -0.05) is 23.7 Å². The van der Waals surface area contributed by atoms with Gasteiger partial charge < -0.3 is 5.32 Å². The smallest absolute Gasteiger partial charge is 0.251 e. The van der Waals surface area contributed by atoms with Crippen molar-refractivity contribution in [1.82, 2.24) is 9.62 Å². The second-order valence-corrected chi connectivity index (χ2v) is 8.98. The maximum Gasteiger partial charge on any atom is 0.251 e. The number of amides is 1. The van der Waals surface area contributed by atoms with Crippen LogP contribution in [0.25, 0.3) is 0 Å². The molecule has 1 amide bonds. The average Bonchev–Trinajstić information content (AvgIpc) is 2.54. The Morgan fingerprint density at radius 2 is 1.92 bits per heavy atom. The third-order valence-electron chi connectivity index (χ3n) is 3.54. The Hall–Kier alpha value is -1.41. The van der Waals surface area contributed by atoms with E-state index in [4.69, 9.17) is 11.6 Å². The van der Waals surface area contributed by atoms with Crippen molar-refractivity contribution >= 4 is 43.5 Å². The summed E-state index contributed by atoms with van der Waals surface area (Å²) in [5.74, 6) is -0.329. The molecule has 2 rings (SSSR count). The molecular weight excluding hydrogens is 428 g/mol. The van der Waals surface area contributed by atoms with Gasteiger partial charge in [-0.2, -0.15) is 0 Å². The molecule has 0 bridgehead atoms. The Bertz CT molecular complexity index is 885. The van der Waals surface area contributed by atoms with Crippen LogP contribution in [0.1, 0.15) is 15.9 Å². The summed E-state index contributed by atoms with van der Waals surface area (Å²) in [7, 11) is -0.752. The van der Waals surface area contributed by atoms with Crippen molar-refractivity contribution in [3.63, 3.8) is 0 Å². The molecule has 2 aromatic carbocycles. The predicted octanol–water partition coefficient (Wildman–Crippen LogP) is 3.33. The van der Waals surface area contributed by atoms with Crippen molar-refractivity contribution in [1.29, 1.82) is 0 Å². The Morgan fingerprint density at radius 3 is 2.56 bits per heavy atom. The summed E-state index contributed by atoms with van der Waals surface area (Å²) >= 11 is 9.15. The van der Waals surface area contributed by atoms with E-state index in [0.29, 0.717) is 22.5 Å². The monoisotopic (exact) mass is 444 g/mol. The van der Waals surface area contributed by atoms with Crippen LogP contribution in [-0.4, -0.2) is 39.3 Å². The van der Waals surface area contributed by atoms with E-state index >= 15 is 0 Å². The van der Waals surface area contributed by atoms with Crippen molar-refractivity contribution in [3.05, 3.63) is 63.1 Å². The number of halogens is 2. The van der Waals surface area contributed by atoms with Crippen LogP contribution in [0.5, 0.6) is 0 Å². The van der Waals surface area contributed by atoms with Gasteiger partial charge in [0.05, 0.1) is 4.90 Å². The Kier molecular flexibility index (Phi) is 6.62. The molecule has 0 aliphatic rings. The quantitative estimate of drug-likeness (QED) is 0.742. The SMILES string of the molecule is CN(C)S(=O)(=O)c1cc(C(=O)NCCc2cccc(Cl)c2)ccc1Br. The molecule has 0 heterocycles. The van der Waals surface area contributed by atoms with Crippen LogP contribution in [0.15, 0.2) is 51.8 Å². The first kappa shape index (κ1) is 19.9. The molecule has 0 saturated heterocycles.